The van der Waals surface area contributed by atoms with Crippen molar-refractivity contribution in [3.05, 3.63) is 55.3 Å². The zero-order chi connectivity index (χ0) is 21.4. The zero-order valence-corrected chi connectivity index (χ0v) is 18.3. The summed E-state index contributed by atoms with van der Waals surface area (Å²) in [5.74, 6) is 1.73. The van der Waals surface area contributed by atoms with Gasteiger partial charge in [0.1, 0.15) is 5.82 Å². The van der Waals surface area contributed by atoms with Gasteiger partial charge < -0.3 is 15.1 Å². The van der Waals surface area contributed by atoms with Crippen LogP contribution in [0.3, 0.4) is 0 Å². The molecule has 3 aromatic rings. The van der Waals surface area contributed by atoms with Gasteiger partial charge in [0, 0.05) is 75.0 Å². The lowest BCUT2D eigenvalue weighted by atomic mass is 9.76. The molecule has 2 aliphatic rings. The Morgan fingerprint density at radius 2 is 1.84 bits per heavy atom. The number of piperidine rings is 1. The smallest absolute Gasteiger partial charge is 0.162 e. The van der Waals surface area contributed by atoms with Crippen LogP contribution < -0.4 is 10.2 Å². The van der Waals surface area contributed by atoms with Crippen molar-refractivity contribution in [1.29, 1.82) is 0 Å². The summed E-state index contributed by atoms with van der Waals surface area (Å²) in [6.07, 6.45) is 10.7. The van der Waals surface area contributed by atoms with E-state index in [9.17, 15) is 0 Å². The van der Waals surface area contributed by atoms with Gasteiger partial charge in [0.25, 0.3) is 0 Å². The van der Waals surface area contributed by atoms with Crippen LogP contribution in [0, 0.1) is 5.41 Å². The molecule has 2 saturated heterocycles. The Bertz CT molecular complexity index is 1090. The second kappa shape index (κ2) is 7.89. The molecule has 2 fully saturated rings. The van der Waals surface area contributed by atoms with Crippen LogP contribution in [0.4, 0.5) is 5.82 Å². The van der Waals surface area contributed by atoms with Crippen LogP contribution in [0.5, 0.6) is 0 Å². The van der Waals surface area contributed by atoms with Crippen molar-refractivity contribution in [2.45, 2.75) is 25.3 Å². The van der Waals surface area contributed by atoms with Gasteiger partial charge in [-0.15, -0.1) is 0 Å². The number of hydrogen-bond donors (Lipinski definition) is 1. The molecule has 1 atom stereocenters. The molecule has 1 unspecified atom stereocenters. The monoisotopic (exact) mass is 415 g/mol. The third-order valence-electron chi connectivity index (χ3n) is 6.88. The maximum atomic E-state index is 5.00. The third-order valence-corrected chi connectivity index (χ3v) is 6.88. The second-order valence-electron chi connectivity index (χ2n) is 9.01. The molecule has 5 heterocycles. The first-order valence-electron chi connectivity index (χ1n) is 10.9. The van der Waals surface area contributed by atoms with Crippen molar-refractivity contribution in [1.82, 2.24) is 30.2 Å². The van der Waals surface area contributed by atoms with Crippen LogP contribution in [0.2, 0.25) is 0 Å². The third kappa shape index (κ3) is 3.74. The Morgan fingerprint density at radius 3 is 2.58 bits per heavy atom. The summed E-state index contributed by atoms with van der Waals surface area (Å²) in [5, 5.41) is 4.78. The summed E-state index contributed by atoms with van der Waals surface area (Å²) >= 11 is 0. The normalized spacial score (nSPS) is 20.3. The predicted molar refractivity (Wildman–Crippen MR) is 124 cm³/mol. The highest BCUT2D eigenvalue weighted by Crippen LogP contribution is 2.42. The Hall–Kier alpha value is -3.06. The minimum absolute atomic E-state index is 0.346. The average molecular weight is 416 g/mol. The van der Waals surface area contributed by atoms with Gasteiger partial charge in [0.2, 0.25) is 0 Å². The van der Waals surface area contributed by atoms with Crippen LogP contribution in [-0.4, -0.2) is 64.6 Å². The number of nitrogens with zero attached hydrogens (tertiary/aromatic N) is 6. The molecule has 5 rings (SSSR count). The standard InChI is InChI=1S/C24H29N7/c1-17(30(2)3)20-14-24(16-27-20)7-12-31(13-8-24)23-19-6-11-26-15-21(19)28-22(29-23)18-4-9-25-10-5-18/h4-6,9-11,15,20,27H,1,7-8,12-14,16H2,2-3H3. The fourth-order valence-corrected chi connectivity index (χ4v) is 4.87. The van der Waals surface area contributed by atoms with Gasteiger partial charge >= 0.3 is 0 Å². The Morgan fingerprint density at radius 1 is 1.10 bits per heavy atom. The molecule has 0 bridgehead atoms. The highest BCUT2D eigenvalue weighted by Gasteiger charge is 2.42. The molecular weight excluding hydrogens is 386 g/mol. The van der Waals surface area contributed by atoms with Gasteiger partial charge in [-0.1, -0.05) is 6.58 Å². The maximum Gasteiger partial charge on any atom is 0.162 e. The lowest BCUT2D eigenvalue weighted by molar-refractivity contribution is 0.241. The maximum absolute atomic E-state index is 5.00. The molecule has 160 valence electrons. The second-order valence-corrected chi connectivity index (χ2v) is 9.01. The van der Waals surface area contributed by atoms with Gasteiger partial charge in [-0.2, -0.15) is 0 Å². The van der Waals surface area contributed by atoms with Crippen molar-refractivity contribution in [3.8, 4) is 11.4 Å². The Balaban J connectivity index is 1.41. The number of rotatable bonds is 4. The molecule has 0 radical (unpaired) electrons. The molecule has 7 nitrogen and oxygen atoms in total. The van der Waals surface area contributed by atoms with E-state index in [2.05, 4.69) is 45.8 Å². The number of fused-ring (bicyclic) bond motifs is 1. The summed E-state index contributed by atoms with van der Waals surface area (Å²) < 4.78 is 0. The van der Waals surface area contributed by atoms with E-state index in [0.29, 0.717) is 11.5 Å². The van der Waals surface area contributed by atoms with E-state index in [4.69, 9.17) is 9.97 Å². The van der Waals surface area contributed by atoms with Gasteiger partial charge in [0.15, 0.2) is 5.82 Å². The van der Waals surface area contributed by atoms with Crippen molar-refractivity contribution in [2.75, 3.05) is 38.6 Å². The number of anilines is 1. The van der Waals surface area contributed by atoms with E-state index in [1.165, 1.54) is 5.70 Å². The summed E-state index contributed by atoms with van der Waals surface area (Å²) in [6.45, 7) is 7.33. The number of nitrogens with one attached hydrogen (secondary N) is 1. The summed E-state index contributed by atoms with van der Waals surface area (Å²) in [6, 6.07) is 6.31. The molecule has 0 aliphatic carbocycles. The fourth-order valence-electron chi connectivity index (χ4n) is 4.87. The van der Waals surface area contributed by atoms with Crippen molar-refractivity contribution < 1.29 is 0 Å². The SMILES string of the molecule is C=C(C1CC2(CCN(c3nc(-c4ccncc4)nc4cnccc34)CC2)CN1)N(C)C. The number of pyridine rings is 2. The van der Waals surface area contributed by atoms with E-state index in [0.717, 1.165) is 67.0 Å². The topological polar surface area (TPSA) is 70.1 Å². The van der Waals surface area contributed by atoms with Crippen molar-refractivity contribution >= 4 is 16.7 Å². The first-order chi connectivity index (χ1) is 15.0. The molecule has 2 aliphatic heterocycles. The molecule has 1 N–H and O–H groups in total. The van der Waals surface area contributed by atoms with Gasteiger partial charge in [0.05, 0.1) is 11.7 Å². The summed E-state index contributed by atoms with van der Waals surface area (Å²) in [4.78, 5) is 22.7. The molecule has 31 heavy (non-hydrogen) atoms. The summed E-state index contributed by atoms with van der Waals surface area (Å²) in [5.41, 5.74) is 3.37. The van der Waals surface area contributed by atoms with Crippen LogP contribution in [-0.2, 0) is 0 Å². The average Bonchev–Trinajstić information content (AvgIpc) is 3.22. The minimum atomic E-state index is 0.346. The molecule has 0 aromatic carbocycles. The lowest BCUT2D eigenvalue weighted by Crippen LogP contribution is -2.41. The molecule has 3 aromatic heterocycles. The molecule has 0 saturated carbocycles. The molecule has 0 amide bonds. The van der Waals surface area contributed by atoms with Crippen LogP contribution in [0.1, 0.15) is 19.3 Å². The van der Waals surface area contributed by atoms with Crippen LogP contribution >= 0.6 is 0 Å². The van der Waals surface area contributed by atoms with Gasteiger partial charge in [-0.25, -0.2) is 9.97 Å². The number of aromatic nitrogens is 4. The number of likely N-dealkylation sites (N-methyl/N-ethyl adjacent to an activating group) is 1. The van der Waals surface area contributed by atoms with Crippen LogP contribution in [0.25, 0.3) is 22.3 Å². The molecular formula is C24H29N7. The largest absolute Gasteiger partial charge is 0.380 e. The van der Waals surface area contributed by atoms with E-state index in [1.807, 2.05) is 30.6 Å². The van der Waals surface area contributed by atoms with Crippen molar-refractivity contribution in [3.63, 3.8) is 0 Å². The first kappa shape index (κ1) is 19.9. The zero-order valence-electron chi connectivity index (χ0n) is 18.3. The fraction of sp³-hybridized carbons (Fsp3) is 0.417. The van der Waals surface area contributed by atoms with Gasteiger partial charge in [-0.05, 0) is 42.9 Å². The molecule has 1 spiro atoms. The predicted octanol–water partition coefficient (Wildman–Crippen LogP) is 3.11. The van der Waals surface area contributed by atoms with Gasteiger partial charge in [-0.3, -0.25) is 9.97 Å². The van der Waals surface area contributed by atoms with E-state index < -0.39 is 0 Å². The highest BCUT2D eigenvalue weighted by molar-refractivity contribution is 5.90. The Kier molecular flexibility index (Phi) is 5.06. The van der Waals surface area contributed by atoms with Crippen LogP contribution in [0.15, 0.2) is 55.3 Å². The van der Waals surface area contributed by atoms with E-state index in [1.54, 1.807) is 12.4 Å². The number of hydrogen-bond acceptors (Lipinski definition) is 7. The quantitative estimate of drug-likeness (QED) is 0.702. The highest BCUT2D eigenvalue weighted by atomic mass is 15.2. The Labute approximate surface area is 183 Å². The summed E-state index contributed by atoms with van der Waals surface area (Å²) in [7, 11) is 4.15. The first-order valence-corrected chi connectivity index (χ1v) is 10.9. The van der Waals surface area contributed by atoms with E-state index >= 15 is 0 Å². The van der Waals surface area contributed by atoms with E-state index in [-0.39, 0.29) is 0 Å². The lowest BCUT2D eigenvalue weighted by Gasteiger charge is -2.40. The minimum Gasteiger partial charge on any atom is -0.380 e. The molecule has 7 heteroatoms. The van der Waals surface area contributed by atoms with Crippen molar-refractivity contribution in [2.24, 2.45) is 5.41 Å².